The van der Waals surface area contributed by atoms with Crippen molar-refractivity contribution in [1.29, 1.82) is 0 Å². The Labute approximate surface area is 186 Å². The second-order valence-corrected chi connectivity index (χ2v) is 7.27. The van der Waals surface area contributed by atoms with Gasteiger partial charge in [0, 0.05) is 18.2 Å². The van der Waals surface area contributed by atoms with E-state index >= 15 is 0 Å². The Balaban J connectivity index is 0.00000289. The third kappa shape index (κ3) is 4.39. The van der Waals surface area contributed by atoms with Gasteiger partial charge in [-0.2, -0.15) is 5.10 Å². The Morgan fingerprint density at radius 3 is 2.28 bits per heavy atom. The number of nitrogens with zero attached hydrogens (tertiary/aromatic N) is 3. The van der Waals surface area contributed by atoms with Crippen molar-refractivity contribution in [3.8, 4) is 34.0 Å². The van der Waals surface area contributed by atoms with E-state index in [0.29, 0.717) is 21.9 Å². The lowest BCUT2D eigenvalue weighted by Gasteiger charge is -2.11. The number of benzene rings is 3. The molecule has 0 fully saturated rings. The van der Waals surface area contributed by atoms with Crippen LogP contribution in [-0.4, -0.2) is 45.6 Å². The molecule has 0 saturated carbocycles. The van der Waals surface area contributed by atoms with Gasteiger partial charge in [-0.3, -0.25) is 10.0 Å². The molecule has 7 nitrogen and oxygen atoms in total. The second-order valence-electron chi connectivity index (χ2n) is 7.27. The number of ether oxygens (including phenoxy) is 1. The third-order valence-corrected chi connectivity index (χ3v) is 5.10. The molecule has 7 heteroatoms. The standard InChI is InChI=1S/C25H23N3O3.H2O/c1-17-8-10-18(11-9-17)24-16-23(21-6-4-5-7-22(21)25(29)27(2)30)26-28(24)19-12-14-20(31-3)15-13-19;/h4-16,30H,1-3H3;1H2. The van der Waals surface area contributed by atoms with Crippen LogP contribution in [0.15, 0.2) is 78.9 Å². The number of carbonyl (C=O) groups excluding carboxylic acids is 1. The largest absolute Gasteiger partial charge is 0.497 e. The van der Waals surface area contributed by atoms with Crippen LogP contribution < -0.4 is 4.74 Å². The fourth-order valence-corrected chi connectivity index (χ4v) is 3.43. The fraction of sp³-hybridized carbons (Fsp3) is 0.120. The molecule has 3 aromatic carbocycles. The molecular weight excluding hydrogens is 406 g/mol. The van der Waals surface area contributed by atoms with E-state index in [9.17, 15) is 10.0 Å². The average Bonchev–Trinajstić information content (AvgIpc) is 3.24. The third-order valence-electron chi connectivity index (χ3n) is 5.10. The quantitative estimate of drug-likeness (QED) is 0.379. The number of amides is 1. The minimum Gasteiger partial charge on any atom is -0.497 e. The summed E-state index contributed by atoms with van der Waals surface area (Å²) in [6.45, 7) is 2.04. The van der Waals surface area contributed by atoms with Crippen molar-refractivity contribution < 1.29 is 20.2 Å². The predicted octanol–water partition coefficient (Wildman–Crippen LogP) is 4.16. The zero-order chi connectivity index (χ0) is 22.0. The molecule has 0 saturated heterocycles. The number of aryl methyl sites for hydroxylation is 1. The van der Waals surface area contributed by atoms with Crippen LogP contribution in [-0.2, 0) is 0 Å². The van der Waals surface area contributed by atoms with Gasteiger partial charge in [-0.05, 0) is 43.3 Å². The molecule has 0 spiro atoms. The summed E-state index contributed by atoms with van der Waals surface area (Å²) in [7, 11) is 2.94. The molecule has 32 heavy (non-hydrogen) atoms. The molecule has 0 aliphatic carbocycles. The highest BCUT2D eigenvalue weighted by molar-refractivity contribution is 6.00. The summed E-state index contributed by atoms with van der Waals surface area (Å²) in [6.07, 6.45) is 0. The highest BCUT2D eigenvalue weighted by atomic mass is 16.5. The van der Waals surface area contributed by atoms with E-state index in [1.165, 1.54) is 12.6 Å². The molecule has 4 aromatic rings. The maximum Gasteiger partial charge on any atom is 0.277 e. The molecule has 4 rings (SSSR count). The van der Waals surface area contributed by atoms with Gasteiger partial charge in [-0.15, -0.1) is 0 Å². The molecule has 1 heterocycles. The SMILES string of the molecule is COc1ccc(-n2nc(-c3ccccc3C(=O)N(C)O)cc2-c2ccc(C)cc2)cc1.O. The normalized spacial score (nSPS) is 10.4. The minimum atomic E-state index is -0.494. The van der Waals surface area contributed by atoms with Crippen LogP contribution in [0.25, 0.3) is 28.2 Å². The van der Waals surface area contributed by atoms with E-state index in [0.717, 1.165) is 22.7 Å². The van der Waals surface area contributed by atoms with Gasteiger partial charge in [0.1, 0.15) is 5.75 Å². The summed E-state index contributed by atoms with van der Waals surface area (Å²) in [6, 6.07) is 24.9. The van der Waals surface area contributed by atoms with Crippen molar-refractivity contribution in [2.45, 2.75) is 6.92 Å². The smallest absolute Gasteiger partial charge is 0.277 e. The lowest BCUT2D eigenvalue weighted by atomic mass is 10.0. The van der Waals surface area contributed by atoms with Gasteiger partial charge < -0.3 is 10.2 Å². The highest BCUT2D eigenvalue weighted by Gasteiger charge is 2.19. The summed E-state index contributed by atoms with van der Waals surface area (Å²) >= 11 is 0. The highest BCUT2D eigenvalue weighted by Crippen LogP contribution is 2.31. The molecule has 1 amide bonds. The number of hydrogen-bond acceptors (Lipinski definition) is 4. The first kappa shape index (κ1) is 22.7. The molecule has 0 bridgehead atoms. The topological polar surface area (TPSA) is 99.1 Å². The number of methoxy groups -OCH3 is 1. The van der Waals surface area contributed by atoms with Gasteiger partial charge in [0.2, 0.25) is 0 Å². The van der Waals surface area contributed by atoms with Gasteiger partial charge in [-0.1, -0.05) is 48.0 Å². The van der Waals surface area contributed by atoms with Crippen LogP contribution in [0.3, 0.4) is 0 Å². The number of hydroxylamine groups is 2. The van der Waals surface area contributed by atoms with Gasteiger partial charge in [-0.25, -0.2) is 9.75 Å². The van der Waals surface area contributed by atoms with Crippen LogP contribution >= 0.6 is 0 Å². The van der Waals surface area contributed by atoms with E-state index in [4.69, 9.17) is 9.84 Å². The zero-order valence-electron chi connectivity index (χ0n) is 18.1. The molecule has 1 aromatic heterocycles. The Kier molecular flexibility index (Phi) is 6.73. The molecule has 0 radical (unpaired) electrons. The lowest BCUT2D eigenvalue weighted by molar-refractivity contribution is -0.0374. The minimum absolute atomic E-state index is 0. The van der Waals surface area contributed by atoms with E-state index in [-0.39, 0.29) is 5.48 Å². The summed E-state index contributed by atoms with van der Waals surface area (Å²) in [5.74, 6) is 0.265. The van der Waals surface area contributed by atoms with Gasteiger partial charge in [0.05, 0.1) is 29.7 Å². The Morgan fingerprint density at radius 2 is 1.66 bits per heavy atom. The van der Waals surface area contributed by atoms with Crippen LogP contribution in [0.2, 0.25) is 0 Å². The number of hydrogen-bond donors (Lipinski definition) is 1. The number of rotatable bonds is 5. The molecule has 0 unspecified atom stereocenters. The summed E-state index contributed by atoms with van der Waals surface area (Å²) in [5, 5.41) is 15.1. The first-order valence-electron chi connectivity index (χ1n) is 9.86. The van der Waals surface area contributed by atoms with Crippen LogP contribution in [0.5, 0.6) is 5.75 Å². The molecule has 0 aliphatic heterocycles. The van der Waals surface area contributed by atoms with E-state index in [1.807, 2.05) is 54.1 Å². The van der Waals surface area contributed by atoms with Crippen molar-refractivity contribution in [2.24, 2.45) is 0 Å². The van der Waals surface area contributed by atoms with Crippen molar-refractivity contribution in [1.82, 2.24) is 14.8 Å². The van der Waals surface area contributed by atoms with Gasteiger partial charge >= 0.3 is 0 Å². The first-order valence-corrected chi connectivity index (χ1v) is 9.86. The Morgan fingerprint density at radius 1 is 1.00 bits per heavy atom. The van der Waals surface area contributed by atoms with Crippen molar-refractivity contribution in [3.63, 3.8) is 0 Å². The monoisotopic (exact) mass is 431 g/mol. The lowest BCUT2D eigenvalue weighted by Crippen LogP contribution is -2.23. The molecule has 164 valence electrons. The first-order chi connectivity index (χ1) is 15.0. The molecule has 0 aliphatic rings. The summed E-state index contributed by atoms with van der Waals surface area (Å²) in [5.41, 5.74) is 5.59. The van der Waals surface area contributed by atoms with Crippen LogP contribution in [0, 0.1) is 6.92 Å². The Hall–Kier alpha value is -3.94. The van der Waals surface area contributed by atoms with E-state index in [2.05, 4.69) is 24.3 Å². The molecule has 3 N–H and O–H groups in total. The van der Waals surface area contributed by atoms with Gasteiger partial charge in [0.15, 0.2) is 0 Å². The van der Waals surface area contributed by atoms with Crippen molar-refractivity contribution in [2.75, 3.05) is 14.2 Å². The molecule has 0 atom stereocenters. The summed E-state index contributed by atoms with van der Waals surface area (Å²) < 4.78 is 7.13. The maximum atomic E-state index is 12.5. The van der Waals surface area contributed by atoms with E-state index < -0.39 is 5.91 Å². The average molecular weight is 431 g/mol. The van der Waals surface area contributed by atoms with Gasteiger partial charge in [0.25, 0.3) is 5.91 Å². The van der Waals surface area contributed by atoms with Crippen molar-refractivity contribution >= 4 is 5.91 Å². The maximum absolute atomic E-state index is 12.5. The second kappa shape index (κ2) is 9.47. The molecular formula is C25H25N3O4. The summed E-state index contributed by atoms with van der Waals surface area (Å²) in [4.78, 5) is 12.5. The van der Waals surface area contributed by atoms with Crippen molar-refractivity contribution in [3.05, 3.63) is 90.0 Å². The fourth-order valence-electron chi connectivity index (χ4n) is 3.43. The van der Waals surface area contributed by atoms with Crippen LogP contribution in [0.4, 0.5) is 0 Å². The number of aromatic nitrogens is 2. The van der Waals surface area contributed by atoms with Crippen LogP contribution in [0.1, 0.15) is 15.9 Å². The predicted molar refractivity (Wildman–Crippen MR) is 123 cm³/mol. The number of carbonyl (C=O) groups is 1. The van der Waals surface area contributed by atoms with E-state index in [1.54, 1.807) is 19.2 Å². The Bertz CT molecular complexity index is 1210. The zero-order valence-corrected chi connectivity index (χ0v) is 18.1.